The van der Waals surface area contributed by atoms with Crippen molar-refractivity contribution < 1.29 is 19.0 Å². The standard InChI is InChI=1S/C27H28FN5O4/c1-31(2)21-10-13-24(29-17-21)30-25(34)16-23-26(35)33(20-8-6-19(28)7-9-20)27(36)32(23)15-14-18-4-11-22(37-3)12-5-18/h4-13,17,35H,14-16H2,1-3H3,(H,29,30,34). The van der Waals surface area contributed by atoms with Crippen LogP contribution in [0.25, 0.3) is 5.69 Å². The molecule has 2 N–H and O–H groups in total. The highest BCUT2D eigenvalue weighted by Gasteiger charge is 2.23. The molecule has 4 aromatic rings. The first-order valence-corrected chi connectivity index (χ1v) is 11.6. The number of carbonyl (C=O) groups is 1. The number of nitrogens with zero attached hydrogens (tertiary/aromatic N) is 4. The van der Waals surface area contributed by atoms with E-state index in [1.54, 1.807) is 19.4 Å². The summed E-state index contributed by atoms with van der Waals surface area (Å²) in [6, 6.07) is 16.1. The Morgan fingerprint density at radius 3 is 2.38 bits per heavy atom. The first kappa shape index (κ1) is 25.5. The van der Waals surface area contributed by atoms with Gasteiger partial charge in [0.1, 0.15) is 17.4 Å². The molecule has 37 heavy (non-hydrogen) atoms. The van der Waals surface area contributed by atoms with Crippen LogP contribution in [0.2, 0.25) is 0 Å². The number of amides is 1. The molecule has 0 aliphatic carbocycles. The topological polar surface area (TPSA) is 102 Å². The Kier molecular flexibility index (Phi) is 7.57. The zero-order chi connectivity index (χ0) is 26.5. The number of nitrogens with one attached hydrogen (secondary N) is 1. The molecule has 2 aromatic carbocycles. The molecule has 0 saturated heterocycles. The molecular formula is C27H28FN5O4. The molecule has 2 heterocycles. The number of rotatable bonds is 9. The number of anilines is 2. The molecule has 9 nitrogen and oxygen atoms in total. The highest BCUT2D eigenvalue weighted by molar-refractivity contribution is 5.91. The fourth-order valence-corrected chi connectivity index (χ4v) is 3.90. The zero-order valence-corrected chi connectivity index (χ0v) is 20.8. The third-order valence-corrected chi connectivity index (χ3v) is 5.95. The molecule has 192 valence electrons. The second-order valence-corrected chi connectivity index (χ2v) is 8.64. The summed E-state index contributed by atoms with van der Waals surface area (Å²) in [6.45, 7) is 0.214. The number of benzene rings is 2. The van der Waals surface area contributed by atoms with Gasteiger partial charge in [-0.1, -0.05) is 12.1 Å². The van der Waals surface area contributed by atoms with Gasteiger partial charge in [0, 0.05) is 20.6 Å². The molecule has 10 heteroatoms. The van der Waals surface area contributed by atoms with Crippen LogP contribution >= 0.6 is 0 Å². The fraction of sp³-hybridized carbons (Fsp3) is 0.222. The van der Waals surface area contributed by atoms with Gasteiger partial charge < -0.3 is 20.1 Å². The maximum absolute atomic E-state index is 13.5. The molecular weight excluding hydrogens is 477 g/mol. The smallest absolute Gasteiger partial charge is 0.335 e. The van der Waals surface area contributed by atoms with Gasteiger partial charge in [0.2, 0.25) is 11.8 Å². The van der Waals surface area contributed by atoms with Crippen molar-refractivity contribution in [3.8, 4) is 17.3 Å². The predicted octanol–water partition coefficient (Wildman–Crippen LogP) is 3.38. The predicted molar refractivity (Wildman–Crippen MR) is 139 cm³/mol. The fourth-order valence-electron chi connectivity index (χ4n) is 3.90. The van der Waals surface area contributed by atoms with Gasteiger partial charge in [0.05, 0.1) is 36.8 Å². The van der Waals surface area contributed by atoms with Gasteiger partial charge in [0.25, 0.3) is 0 Å². The minimum atomic E-state index is -0.533. The van der Waals surface area contributed by atoms with Crippen LogP contribution in [-0.4, -0.2) is 46.3 Å². The minimum Gasteiger partial charge on any atom is -0.497 e. The SMILES string of the molecule is COc1ccc(CCn2c(CC(=O)Nc3ccc(N(C)C)cn3)c(O)n(-c3ccc(F)cc3)c2=O)cc1. The number of pyridine rings is 1. The van der Waals surface area contributed by atoms with E-state index in [-0.39, 0.29) is 30.2 Å². The second-order valence-electron chi connectivity index (χ2n) is 8.64. The van der Waals surface area contributed by atoms with E-state index in [2.05, 4.69) is 10.3 Å². The number of ether oxygens (including phenoxy) is 1. The summed E-state index contributed by atoms with van der Waals surface area (Å²) < 4.78 is 21.1. The monoisotopic (exact) mass is 505 g/mol. The number of methoxy groups -OCH3 is 1. The number of imidazole rings is 1. The molecule has 0 spiro atoms. The van der Waals surface area contributed by atoms with Crippen molar-refractivity contribution in [1.82, 2.24) is 14.1 Å². The molecule has 0 bridgehead atoms. The van der Waals surface area contributed by atoms with E-state index in [1.807, 2.05) is 49.3 Å². The van der Waals surface area contributed by atoms with Crippen LogP contribution < -0.4 is 20.6 Å². The Labute approximate surface area is 213 Å². The lowest BCUT2D eigenvalue weighted by Gasteiger charge is -2.12. The number of hydrogen-bond donors (Lipinski definition) is 2. The first-order chi connectivity index (χ1) is 17.8. The quantitative estimate of drug-likeness (QED) is 0.362. The van der Waals surface area contributed by atoms with Crippen molar-refractivity contribution >= 4 is 17.4 Å². The Morgan fingerprint density at radius 1 is 1.08 bits per heavy atom. The molecule has 0 unspecified atom stereocenters. The summed E-state index contributed by atoms with van der Waals surface area (Å²) in [5.41, 5.74) is 1.72. The largest absolute Gasteiger partial charge is 0.497 e. The molecule has 0 saturated carbocycles. The maximum Gasteiger partial charge on any atom is 0.335 e. The lowest BCUT2D eigenvalue weighted by Crippen LogP contribution is -2.26. The molecule has 2 aromatic heterocycles. The Hall–Kier alpha value is -4.60. The third kappa shape index (κ3) is 5.80. The highest BCUT2D eigenvalue weighted by Crippen LogP contribution is 2.23. The summed E-state index contributed by atoms with van der Waals surface area (Å²) in [4.78, 5) is 32.4. The van der Waals surface area contributed by atoms with E-state index >= 15 is 0 Å². The lowest BCUT2D eigenvalue weighted by atomic mass is 10.1. The molecule has 0 aliphatic rings. The minimum absolute atomic E-state index is 0.144. The first-order valence-electron chi connectivity index (χ1n) is 11.6. The van der Waals surface area contributed by atoms with E-state index in [1.165, 1.54) is 28.8 Å². The van der Waals surface area contributed by atoms with Crippen LogP contribution in [0, 0.1) is 5.82 Å². The zero-order valence-electron chi connectivity index (χ0n) is 20.8. The molecule has 1 amide bonds. The van der Waals surface area contributed by atoms with Crippen LogP contribution in [0.5, 0.6) is 11.6 Å². The van der Waals surface area contributed by atoms with Gasteiger partial charge in [-0.25, -0.2) is 18.7 Å². The van der Waals surface area contributed by atoms with Crippen molar-refractivity contribution in [2.75, 3.05) is 31.4 Å². The number of halogens is 1. The average Bonchev–Trinajstić information content (AvgIpc) is 3.12. The average molecular weight is 506 g/mol. The maximum atomic E-state index is 13.5. The van der Waals surface area contributed by atoms with Crippen LogP contribution in [0.1, 0.15) is 11.3 Å². The van der Waals surface area contributed by atoms with Gasteiger partial charge in [-0.2, -0.15) is 0 Å². The summed E-state index contributed by atoms with van der Waals surface area (Å²) >= 11 is 0. The van der Waals surface area contributed by atoms with Crippen LogP contribution in [0.15, 0.2) is 71.7 Å². The summed E-state index contributed by atoms with van der Waals surface area (Å²) in [5, 5.41) is 13.7. The molecule has 0 radical (unpaired) electrons. The van der Waals surface area contributed by atoms with Gasteiger partial charge in [-0.15, -0.1) is 0 Å². The molecule has 4 rings (SSSR count). The van der Waals surface area contributed by atoms with Crippen molar-refractivity contribution in [1.29, 1.82) is 0 Å². The number of aromatic hydroxyl groups is 1. The normalized spacial score (nSPS) is 10.8. The summed E-state index contributed by atoms with van der Waals surface area (Å²) in [7, 11) is 5.35. The van der Waals surface area contributed by atoms with Gasteiger partial charge in [-0.05, 0) is 60.5 Å². The van der Waals surface area contributed by atoms with Crippen LogP contribution in [0.3, 0.4) is 0 Å². The van der Waals surface area contributed by atoms with E-state index in [0.717, 1.165) is 15.8 Å². The van der Waals surface area contributed by atoms with Crippen molar-refractivity contribution in [2.24, 2.45) is 0 Å². The van der Waals surface area contributed by atoms with Crippen molar-refractivity contribution in [2.45, 2.75) is 19.4 Å². The Balaban J connectivity index is 1.63. The number of aryl methyl sites for hydroxylation is 1. The lowest BCUT2D eigenvalue weighted by molar-refractivity contribution is -0.115. The van der Waals surface area contributed by atoms with Crippen LogP contribution in [0.4, 0.5) is 15.9 Å². The van der Waals surface area contributed by atoms with E-state index in [4.69, 9.17) is 4.74 Å². The summed E-state index contributed by atoms with van der Waals surface area (Å²) in [5.74, 6) is -0.235. The van der Waals surface area contributed by atoms with Gasteiger partial charge in [0.15, 0.2) is 0 Å². The van der Waals surface area contributed by atoms with Gasteiger partial charge >= 0.3 is 5.69 Å². The molecule has 0 atom stereocenters. The van der Waals surface area contributed by atoms with Crippen LogP contribution in [-0.2, 0) is 24.2 Å². The number of aromatic nitrogens is 3. The second kappa shape index (κ2) is 11.0. The van der Waals surface area contributed by atoms with Crippen molar-refractivity contribution in [3.63, 3.8) is 0 Å². The highest BCUT2D eigenvalue weighted by atomic mass is 19.1. The molecule has 0 fully saturated rings. The summed E-state index contributed by atoms with van der Waals surface area (Å²) in [6.07, 6.45) is 1.83. The Morgan fingerprint density at radius 2 is 1.78 bits per heavy atom. The van der Waals surface area contributed by atoms with Gasteiger partial charge in [-0.3, -0.25) is 9.36 Å². The number of hydrogen-bond acceptors (Lipinski definition) is 6. The van der Waals surface area contributed by atoms with E-state index < -0.39 is 17.4 Å². The Bertz CT molecular complexity index is 1430. The third-order valence-electron chi connectivity index (χ3n) is 5.95. The molecule has 0 aliphatic heterocycles. The van der Waals surface area contributed by atoms with E-state index in [9.17, 15) is 19.1 Å². The van der Waals surface area contributed by atoms with E-state index in [0.29, 0.717) is 18.0 Å². The number of carbonyl (C=O) groups excluding carboxylic acids is 1. The van der Waals surface area contributed by atoms with Crippen molar-refractivity contribution in [3.05, 3.63) is 94.4 Å².